The fourth-order valence-electron chi connectivity index (χ4n) is 2.61. The maximum Gasteiger partial charge on any atom is 0.119 e. The maximum atomic E-state index is 5.40. The van der Waals surface area contributed by atoms with Crippen LogP contribution in [0.1, 0.15) is 68.2 Å². The Hall–Kier alpha value is -3.06. The Labute approximate surface area is 273 Å². The highest BCUT2D eigenvalue weighted by molar-refractivity contribution is 5.22. The van der Waals surface area contributed by atoms with Gasteiger partial charge in [0.1, 0.15) is 55.4 Å². The third-order valence-corrected chi connectivity index (χ3v) is 6.87. The highest BCUT2D eigenvalue weighted by Crippen LogP contribution is 2.17. The molecule has 0 amide bonds. The van der Waals surface area contributed by atoms with E-state index in [-0.39, 0.29) is 0 Å². The quantitative estimate of drug-likeness (QED) is 0.222. The lowest BCUT2D eigenvalue weighted by molar-refractivity contribution is 0.263. The number of hydrogen-bond acceptors (Lipinski definition) is 6. The van der Waals surface area contributed by atoms with Crippen LogP contribution in [0.5, 0.6) is 17.2 Å². The van der Waals surface area contributed by atoms with E-state index in [2.05, 4.69) is 55.4 Å². The molecule has 3 aromatic carbocycles. The number of benzene rings is 3. The summed E-state index contributed by atoms with van der Waals surface area (Å²) in [5.41, 5.74) is 1.08. The average Bonchev–Trinajstić information content (AvgIpc) is 3.89. The summed E-state index contributed by atoms with van der Waals surface area (Å²) < 4.78 is 31.2. The van der Waals surface area contributed by atoms with Crippen LogP contribution in [0.15, 0.2) is 91.0 Å². The van der Waals surface area contributed by atoms with Gasteiger partial charge in [-0.15, -0.1) is 0 Å². The van der Waals surface area contributed by atoms with E-state index in [0.717, 1.165) is 37.1 Å². The first-order chi connectivity index (χ1) is 21.5. The van der Waals surface area contributed by atoms with Crippen molar-refractivity contribution in [1.82, 2.24) is 0 Å². The lowest BCUT2D eigenvalue weighted by Gasteiger charge is -2.12. The summed E-state index contributed by atoms with van der Waals surface area (Å²) in [5.74, 6) is 2.76. The van der Waals surface area contributed by atoms with Crippen molar-refractivity contribution in [2.45, 2.75) is 86.5 Å². The number of hydrogen-bond donors (Lipinski definition) is 0. The van der Waals surface area contributed by atoms with Crippen LogP contribution in [-0.4, -0.2) is 58.0 Å². The average molecular weight is 623 g/mol. The number of ether oxygens (including phenoxy) is 6. The Balaban J connectivity index is 0.000000202. The molecule has 0 saturated carbocycles. The minimum absolute atomic E-state index is 0.343. The lowest BCUT2D eigenvalue weighted by atomic mass is 9.94. The van der Waals surface area contributed by atoms with Crippen LogP contribution >= 0.6 is 0 Å². The van der Waals surface area contributed by atoms with Gasteiger partial charge in [0.05, 0.1) is 19.8 Å². The van der Waals surface area contributed by atoms with Gasteiger partial charge in [-0.2, -0.15) is 0 Å². The summed E-state index contributed by atoms with van der Waals surface area (Å²) in [7, 11) is 0. The summed E-state index contributed by atoms with van der Waals surface area (Å²) in [6.07, 6.45) is 3.57. The molecule has 3 aromatic rings. The second kappa shape index (κ2) is 20.9. The lowest BCUT2D eigenvalue weighted by Crippen LogP contribution is -2.03. The van der Waals surface area contributed by atoms with Crippen LogP contribution in [0.2, 0.25) is 0 Å². The normalized spacial score (nSPS) is 18.8. The van der Waals surface area contributed by atoms with Crippen LogP contribution < -0.4 is 14.2 Å². The first-order valence-electron chi connectivity index (χ1n) is 16.4. The topological polar surface area (TPSA) is 65.3 Å². The molecule has 3 atom stereocenters. The maximum absolute atomic E-state index is 5.40. The van der Waals surface area contributed by atoms with Gasteiger partial charge in [0.2, 0.25) is 0 Å². The van der Waals surface area contributed by atoms with Gasteiger partial charge in [-0.05, 0) is 47.2 Å². The largest absolute Gasteiger partial charge is 0.491 e. The van der Waals surface area contributed by atoms with E-state index in [4.69, 9.17) is 28.4 Å². The molecule has 3 unspecified atom stereocenters. The second-order valence-electron chi connectivity index (χ2n) is 13.6. The predicted molar refractivity (Wildman–Crippen MR) is 185 cm³/mol. The Morgan fingerprint density at radius 1 is 0.467 bits per heavy atom. The van der Waals surface area contributed by atoms with Crippen LogP contribution in [0.25, 0.3) is 0 Å². The molecule has 45 heavy (non-hydrogen) atoms. The Kier molecular flexibility index (Phi) is 17.7. The molecule has 3 aliphatic heterocycles. The third-order valence-electron chi connectivity index (χ3n) is 6.87. The van der Waals surface area contributed by atoms with Gasteiger partial charge in [0, 0.05) is 0 Å². The Morgan fingerprint density at radius 2 is 0.667 bits per heavy atom. The zero-order chi connectivity index (χ0) is 33.0. The molecular weight excluding hydrogens is 564 g/mol. The van der Waals surface area contributed by atoms with Crippen molar-refractivity contribution in [2.24, 2.45) is 10.8 Å². The molecule has 3 fully saturated rings. The molecule has 0 N–H and O–H groups in total. The van der Waals surface area contributed by atoms with Crippen molar-refractivity contribution in [3.63, 3.8) is 0 Å². The van der Waals surface area contributed by atoms with Gasteiger partial charge < -0.3 is 28.4 Å². The molecule has 6 heteroatoms. The van der Waals surface area contributed by atoms with E-state index >= 15 is 0 Å². The van der Waals surface area contributed by atoms with E-state index in [1.54, 1.807) is 0 Å². The van der Waals surface area contributed by atoms with Crippen molar-refractivity contribution in [3.05, 3.63) is 91.0 Å². The van der Waals surface area contributed by atoms with Crippen molar-refractivity contribution in [1.29, 1.82) is 0 Å². The summed E-state index contributed by atoms with van der Waals surface area (Å²) in [5, 5.41) is 0. The predicted octanol–water partition coefficient (Wildman–Crippen LogP) is 9.28. The molecule has 0 spiro atoms. The minimum Gasteiger partial charge on any atom is -0.491 e. The summed E-state index contributed by atoms with van der Waals surface area (Å²) in [6, 6.07) is 29.4. The summed E-state index contributed by atoms with van der Waals surface area (Å²) in [4.78, 5) is 0. The molecule has 250 valence electrons. The molecule has 6 nitrogen and oxygen atoms in total. The summed E-state index contributed by atoms with van der Waals surface area (Å²) >= 11 is 0. The monoisotopic (exact) mass is 622 g/mol. The van der Waals surface area contributed by atoms with Gasteiger partial charge in [-0.3, -0.25) is 0 Å². The molecule has 0 aliphatic carbocycles. The molecular formula is C39H58O6. The molecule has 3 aliphatic rings. The SMILES string of the molecule is CCC(C)(C)C.CCC(C)(C)C.c1ccc(OCC2CO2)cc1.c1ccc(OCC2CO2)cc1.c1ccc(OCC2CO2)cc1. The highest BCUT2D eigenvalue weighted by atomic mass is 16.6. The van der Waals surface area contributed by atoms with Crippen molar-refractivity contribution < 1.29 is 28.4 Å². The van der Waals surface area contributed by atoms with Gasteiger partial charge in [-0.1, -0.05) is 123 Å². The highest BCUT2D eigenvalue weighted by Gasteiger charge is 2.24. The van der Waals surface area contributed by atoms with Crippen LogP contribution in [0.3, 0.4) is 0 Å². The zero-order valence-electron chi connectivity index (χ0n) is 29.0. The first-order valence-corrected chi connectivity index (χ1v) is 16.4. The number of epoxide rings is 3. The van der Waals surface area contributed by atoms with Crippen LogP contribution in [0, 0.1) is 10.8 Å². The van der Waals surface area contributed by atoms with E-state index in [0.29, 0.717) is 49.0 Å². The van der Waals surface area contributed by atoms with Crippen molar-refractivity contribution >= 4 is 0 Å². The van der Waals surface area contributed by atoms with Gasteiger partial charge in [0.15, 0.2) is 0 Å². The van der Waals surface area contributed by atoms with Crippen molar-refractivity contribution in [2.75, 3.05) is 39.6 Å². The Bertz CT molecular complexity index is 961. The second-order valence-corrected chi connectivity index (χ2v) is 13.6. The fourth-order valence-corrected chi connectivity index (χ4v) is 2.61. The molecule has 6 rings (SSSR count). The standard InChI is InChI=1S/3C9H10O2.2C6H14/c3*1-2-4-8(5-3-1)10-6-9-7-11-9;2*1-5-6(2,3)4/h3*1-5,9H,6-7H2;2*5H2,1-4H3. The van der Waals surface area contributed by atoms with Crippen LogP contribution in [-0.2, 0) is 14.2 Å². The van der Waals surface area contributed by atoms with E-state index in [1.165, 1.54) is 12.8 Å². The number of rotatable bonds is 9. The molecule has 0 aromatic heterocycles. The molecule has 3 heterocycles. The van der Waals surface area contributed by atoms with E-state index in [9.17, 15) is 0 Å². The van der Waals surface area contributed by atoms with E-state index in [1.807, 2.05) is 91.0 Å². The van der Waals surface area contributed by atoms with E-state index < -0.39 is 0 Å². The summed E-state index contributed by atoms with van der Waals surface area (Å²) in [6.45, 7) is 22.5. The molecule has 3 saturated heterocycles. The van der Waals surface area contributed by atoms with Crippen molar-refractivity contribution in [3.8, 4) is 17.2 Å². The third kappa shape index (κ3) is 23.9. The molecule has 0 radical (unpaired) electrons. The smallest absolute Gasteiger partial charge is 0.119 e. The zero-order valence-corrected chi connectivity index (χ0v) is 29.0. The van der Waals surface area contributed by atoms with Gasteiger partial charge in [0.25, 0.3) is 0 Å². The fraction of sp³-hybridized carbons (Fsp3) is 0.538. The first kappa shape index (κ1) is 38.1. The van der Waals surface area contributed by atoms with Gasteiger partial charge in [-0.25, -0.2) is 0 Å². The molecule has 0 bridgehead atoms. The Morgan fingerprint density at radius 3 is 0.822 bits per heavy atom. The number of para-hydroxylation sites is 3. The van der Waals surface area contributed by atoms with Gasteiger partial charge >= 0.3 is 0 Å². The minimum atomic E-state index is 0.343. The van der Waals surface area contributed by atoms with Crippen LogP contribution in [0.4, 0.5) is 0 Å².